The van der Waals surface area contributed by atoms with Gasteiger partial charge in [0.15, 0.2) is 5.69 Å². The lowest BCUT2D eigenvalue weighted by Crippen LogP contribution is -2.07. The minimum absolute atomic E-state index is 0.0255. The van der Waals surface area contributed by atoms with E-state index in [0.29, 0.717) is 5.56 Å². The van der Waals surface area contributed by atoms with Gasteiger partial charge in [0.25, 0.3) is 0 Å². The summed E-state index contributed by atoms with van der Waals surface area (Å²) in [4.78, 5) is 18.9. The van der Waals surface area contributed by atoms with Crippen molar-refractivity contribution in [2.75, 3.05) is 0 Å². The molecule has 0 aliphatic rings. The summed E-state index contributed by atoms with van der Waals surface area (Å²) < 4.78 is 14.2. The number of aromatic carboxylic acids is 1. The minimum atomic E-state index is -1.25. The van der Waals surface area contributed by atoms with Crippen molar-refractivity contribution in [3.8, 4) is 17.3 Å². The SMILES string of the molecule is Cc1ccc(C#N)c(-c2cnc(C)c(C(=O)O)n2)c1F. The quantitative estimate of drug-likeness (QED) is 0.906. The van der Waals surface area contributed by atoms with Gasteiger partial charge in [-0.25, -0.2) is 14.2 Å². The summed E-state index contributed by atoms with van der Waals surface area (Å²) in [5.41, 5.74) is 0.411. The van der Waals surface area contributed by atoms with Gasteiger partial charge >= 0.3 is 5.97 Å². The van der Waals surface area contributed by atoms with Crippen LogP contribution in [0.1, 0.15) is 27.3 Å². The van der Waals surface area contributed by atoms with E-state index in [4.69, 9.17) is 10.4 Å². The summed E-state index contributed by atoms with van der Waals surface area (Å²) >= 11 is 0. The van der Waals surface area contributed by atoms with Crippen LogP contribution in [-0.4, -0.2) is 21.0 Å². The van der Waals surface area contributed by atoms with E-state index in [0.717, 1.165) is 0 Å². The monoisotopic (exact) mass is 271 g/mol. The van der Waals surface area contributed by atoms with Crippen LogP contribution in [0.2, 0.25) is 0 Å². The van der Waals surface area contributed by atoms with E-state index in [2.05, 4.69) is 9.97 Å². The van der Waals surface area contributed by atoms with Gasteiger partial charge in [-0.15, -0.1) is 0 Å². The van der Waals surface area contributed by atoms with Crippen molar-refractivity contribution >= 4 is 5.97 Å². The Labute approximate surface area is 114 Å². The highest BCUT2D eigenvalue weighted by atomic mass is 19.1. The Morgan fingerprint density at radius 2 is 2.10 bits per heavy atom. The number of rotatable bonds is 2. The Bertz CT molecular complexity index is 751. The topological polar surface area (TPSA) is 86.9 Å². The Morgan fingerprint density at radius 1 is 1.40 bits per heavy atom. The van der Waals surface area contributed by atoms with E-state index in [1.54, 1.807) is 6.92 Å². The second-order valence-corrected chi connectivity index (χ2v) is 4.23. The van der Waals surface area contributed by atoms with Crippen LogP contribution >= 0.6 is 0 Å². The van der Waals surface area contributed by atoms with Gasteiger partial charge in [-0.05, 0) is 25.5 Å². The van der Waals surface area contributed by atoms with Crippen molar-refractivity contribution in [1.82, 2.24) is 9.97 Å². The molecule has 1 aromatic heterocycles. The first-order valence-electron chi connectivity index (χ1n) is 5.72. The Balaban J connectivity index is 2.75. The van der Waals surface area contributed by atoms with Crippen LogP contribution in [-0.2, 0) is 0 Å². The van der Waals surface area contributed by atoms with Crippen LogP contribution in [0.3, 0.4) is 0 Å². The maximum Gasteiger partial charge on any atom is 0.356 e. The van der Waals surface area contributed by atoms with Crippen LogP contribution in [0.15, 0.2) is 18.3 Å². The Morgan fingerprint density at radius 3 is 2.70 bits per heavy atom. The molecule has 20 heavy (non-hydrogen) atoms. The molecular formula is C14H10FN3O2. The number of carboxylic acid groups (broad SMARTS) is 1. The van der Waals surface area contributed by atoms with Crippen molar-refractivity contribution in [3.63, 3.8) is 0 Å². The Hall–Kier alpha value is -2.81. The highest BCUT2D eigenvalue weighted by molar-refractivity contribution is 5.87. The third kappa shape index (κ3) is 2.21. The molecule has 1 N–H and O–H groups in total. The molecule has 0 radical (unpaired) electrons. The van der Waals surface area contributed by atoms with Crippen LogP contribution in [0.25, 0.3) is 11.3 Å². The molecular weight excluding hydrogens is 261 g/mol. The van der Waals surface area contributed by atoms with Crippen molar-refractivity contribution in [1.29, 1.82) is 5.26 Å². The van der Waals surface area contributed by atoms with E-state index in [9.17, 15) is 9.18 Å². The summed E-state index contributed by atoms with van der Waals surface area (Å²) in [6.45, 7) is 3.05. The number of aromatic nitrogens is 2. The van der Waals surface area contributed by atoms with E-state index >= 15 is 0 Å². The molecule has 6 heteroatoms. The number of carbonyl (C=O) groups is 1. The van der Waals surface area contributed by atoms with Crippen LogP contribution in [0.5, 0.6) is 0 Å². The molecule has 2 rings (SSSR count). The van der Waals surface area contributed by atoms with Crippen molar-refractivity contribution in [3.05, 3.63) is 46.7 Å². The molecule has 0 aliphatic carbocycles. The molecule has 0 saturated carbocycles. The number of nitrogens with zero attached hydrogens (tertiary/aromatic N) is 3. The summed E-state index contributed by atoms with van der Waals surface area (Å²) in [7, 11) is 0. The lowest BCUT2D eigenvalue weighted by molar-refractivity contribution is 0.0689. The molecule has 5 nitrogen and oxygen atoms in total. The zero-order chi connectivity index (χ0) is 14.9. The average Bonchev–Trinajstić information content (AvgIpc) is 2.42. The first-order chi connectivity index (χ1) is 9.45. The molecule has 2 aromatic rings. The van der Waals surface area contributed by atoms with Crippen LogP contribution in [0.4, 0.5) is 4.39 Å². The van der Waals surface area contributed by atoms with Gasteiger partial charge in [-0.1, -0.05) is 6.07 Å². The standard InChI is InChI=1S/C14H10FN3O2/c1-7-3-4-9(5-16)11(12(7)15)10-6-17-8(2)13(18-10)14(19)20/h3-4,6H,1-2H3,(H,19,20). The number of benzene rings is 1. The van der Waals surface area contributed by atoms with Gasteiger partial charge in [0.2, 0.25) is 0 Å². The molecule has 0 saturated heterocycles. The minimum Gasteiger partial charge on any atom is -0.476 e. The van der Waals surface area contributed by atoms with Gasteiger partial charge in [0.05, 0.1) is 34.8 Å². The number of carboxylic acids is 1. The van der Waals surface area contributed by atoms with Gasteiger partial charge in [-0.2, -0.15) is 5.26 Å². The van der Waals surface area contributed by atoms with Crippen molar-refractivity contribution < 1.29 is 14.3 Å². The van der Waals surface area contributed by atoms with Crippen molar-refractivity contribution in [2.24, 2.45) is 0 Å². The lowest BCUT2D eigenvalue weighted by Gasteiger charge is -2.08. The highest BCUT2D eigenvalue weighted by Gasteiger charge is 2.18. The fourth-order valence-electron chi connectivity index (χ4n) is 1.80. The molecule has 0 aliphatic heterocycles. The lowest BCUT2D eigenvalue weighted by atomic mass is 10.0. The zero-order valence-corrected chi connectivity index (χ0v) is 10.8. The summed E-state index contributed by atoms with van der Waals surface area (Å²) in [6, 6.07) is 4.82. The number of aryl methyl sites for hydroxylation is 2. The molecule has 0 bridgehead atoms. The Kier molecular flexibility index (Phi) is 3.44. The summed E-state index contributed by atoms with van der Waals surface area (Å²) in [6.07, 6.45) is 1.26. The normalized spacial score (nSPS) is 10.1. The third-order valence-corrected chi connectivity index (χ3v) is 2.87. The first kappa shape index (κ1) is 13.6. The zero-order valence-electron chi connectivity index (χ0n) is 10.8. The van der Waals surface area contributed by atoms with Crippen molar-refractivity contribution in [2.45, 2.75) is 13.8 Å². The van der Waals surface area contributed by atoms with Crippen LogP contribution in [0, 0.1) is 31.0 Å². The predicted molar refractivity (Wildman–Crippen MR) is 68.6 cm³/mol. The number of hydrogen-bond acceptors (Lipinski definition) is 4. The average molecular weight is 271 g/mol. The number of halogens is 1. The summed E-state index contributed by atoms with van der Waals surface area (Å²) in [5.74, 6) is -1.85. The fourth-order valence-corrected chi connectivity index (χ4v) is 1.80. The van der Waals surface area contributed by atoms with Gasteiger partial charge in [0, 0.05) is 0 Å². The fraction of sp³-hybridized carbons (Fsp3) is 0.143. The second kappa shape index (κ2) is 5.05. The smallest absolute Gasteiger partial charge is 0.356 e. The molecule has 1 aromatic carbocycles. The maximum atomic E-state index is 14.2. The van der Waals surface area contributed by atoms with Gasteiger partial charge < -0.3 is 5.11 Å². The molecule has 0 spiro atoms. The highest BCUT2D eigenvalue weighted by Crippen LogP contribution is 2.27. The molecule has 1 heterocycles. The number of nitriles is 1. The molecule has 100 valence electrons. The second-order valence-electron chi connectivity index (χ2n) is 4.23. The molecule has 0 unspecified atom stereocenters. The van der Waals surface area contributed by atoms with E-state index in [1.165, 1.54) is 25.3 Å². The molecule has 0 atom stereocenters. The molecule has 0 fully saturated rings. The number of hydrogen-bond donors (Lipinski definition) is 1. The van der Waals surface area contributed by atoms with Gasteiger partial charge in [0.1, 0.15) is 5.82 Å². The third-order valence-electron chi connectivity index (χ3n) is 2.87. The van der Waals surface area contributed by atoms with Crippen LogP contribution < -0.4 is 0 Å². The molecule has 0 amide bonds. The predicted octanol–water partition coefficient (Wildman–Crippen LogP) is 2.47. The largest absolute Gasteiger partial charge is 0.476 e. The van der Waals surface area contributed by atoms with E-state index < -0.39 is 11.8 Å². The van der Waals surface area contributed by atoms with E-state index in [-0.39, 0.29) is 28.2 Å². The first-order valence-corrected chi connectivity index (χ1v) is 5.72. The van der Waals surface area contributed by atoms with E-state index in [1.807, 2.05) is 6.07 Å². The maximum absolute atomic E-state index is 14.2. The summed E-state index contributed by atoms with van der Waals surface area (Å²) in [5, 5.41) is 18.1. The van der Waals surface area contributed by atoms with Gasteiger partial charge in [-0.3, -0.25) is 4.98 Å².